The van der Waals surface area contributed by atoms with Crippen LogP contribution in [-0.2, 0) is 16.1 Å². The van der Waals surface area contributed by atoms with E-state index in [9.17, 15) is 29.6 Å². The van der Waals surface area contributed by atoms with Crippen LogP contribution in [0, 0.1) is 24.0 Å². The molecule has 0 aliphatic carbocycles. The van der Waals surface area contributed by atoms with Gasteiger partial charge in [0.2, 0.25) is 5.88 Å². The number of aromatic hydroxyl groups is 1. The van der Waals surface area contributed by atoms with Crippen molar-refractivity contribution < 1.29 is 38.6 Å². The summed E-state index contributed by atoms with van der Waals surface area (Å²) in [5, 5.41) is 24.2. The zero-order chi connectivity index (χ0) is 34.5. The molecule has 4 aromatic rings. The Hall–Kier alpha value is -5.57. The van der Waals surface area contributed by atoms with Gasteiger partial charge in [0, 0.05) is 19.2 Å². The summed E-state index contributed by atoms with van der Waals surface area (Å²) in [7, 11) is 1.39. The number of nitro groups is 1. The fourth-order valence-corrected chi connectivity index (χ4v) is 4.96. The third kappa shape index (κ3) is 9.23. The quantitative estimate of drug-likeness (QED) is 0.119. The zero-order valence-corrected chi connectivity index (χ0v) is 27.4. The lowest BCUT2D eigenvalue weighted by Crippen LogP contribution is -2.31. The molecule has 0 saturated carbocycles. The van der Waals surface area contributed by atoms with Crippen LogP contribution in [-0.4, -0.2) is 46.3 Å². The van der Waals surface area contributed by atoms with Crippen molar-refractivity contribution >= 4 is 40.4 Å². The molecule has 0 aliphatic rings. The Bertz CT molecular complexity index is 1820. The summed E-state index contributed by atoms with van der Waals surface area (Å²) in [5.74, 6) is 0.637. The molecule has 1 heterocycles. The zero-order valence-electron chi connectivity index (χ0n) is 26.5. The SMILES string of the molecule is Cc1cc(Oc2ccc([N+](=O)[O-])c(N(C)C(=O)COc3ccc(OCc4sc(=O)[nH]c4O)cc3)c2)cc(C)c1NC(=O)OC(C)(C)C. The molecule has 3 N–H and O–H groups in total. The summed E-state index contributed by atoms with van der Waals surface area (Å²) in [5.41, 5.74) is 1.01. The maximum absolute atomic E-state index is 13.0. The standard InChI is InChI=1S/C32H34N4O10S/c1-18-13-23(14-19(2)28(18)33-30(39)46-32(3,4)5)45-22-11-12-24(36(41)42)25(15-22)35(6)27(37)17-44-21-9-7-20(8-10-21)43-16-26-29(38)34-31(40)47-26/h7-15,38H,16-17H2,1-6H3,(H,33,39)(H,34,40). The molecule has 47 heavy (non-hydrogen) atoms. The lowest BCUT2D eigenvalue weighted by atomic mass is 10.1. The molecule has 248 valence electrons. The average Bonchev–Trinajstić information content (AvgIpc) is 3.32. The summed E-state index contributed by atoms with van der Waals surface area (Å²) in [6.45, 7) is 8.45. The summed E-state index contributed by atoms with van der Waals surface area (Å²) >= 11 is 0.838. The number of carbonyl (C=O) groups is 2. The number of anilines is 2. The summed E-state index contributed by atoms with van der Waals surface area (Å²) in [6, 6.07) is 13.8. The van der Waals surface area contributed by atoms with Crippen LogP contribution in [0.3, 0.4) is 0 Å². The monoisotopic (exact) mass is 666 g/mol. The summed E-state index contributed by atoms with van der Waals surface area (Å²) < 4.78 is 22.5. The minimum absolute atomic E-state index is 0.00295. The average molecular weight is 667 g/mol. The first-order valence-corrected chi connectivity index (χ1v) is 15.0. The van der Waals surface area contributed by atoms with Gasteiger partial charge in [-0.2, -0.15) is 0 Å². The van der Waals surface area contributed by atoms with Gasteiger partial charge in [-0.3, -0.25) is 30.0 Å². The molecule has 0 spiro atoms. The molecule has 0 saturated heterocycles. The summed E-state index contributed by atoms with van der Waals surface area (Å²) in [6.07, 6.45) is -0.591. The second-order valence-electron chi connectivity index (χ2n) is 11.4. The predicted molar refractivity (Wildman–Crippen MR) is 175 cm³/mol. The van der Waals surface area contributed by atoms with E-state index in [1.807, 2.05) is 0 Å². The predicted octanol–water partition coefficient (Wildman–Crippen LogP) is 6.43. The van der Waals surface area contributed by atoms with Crippen LogP contribution in [0.15, 0.2) is 59.4 Å². The molecule has 15 heteroatoms. The van der Waals surface area contributed by atoms with Gasteiger partial charge in [-0.25, -0.2) is 4.79 Å². The van der Waals surface area contributed by atoms with Crippen LogP contribution in [0.2, 0.25) is 0 Å². The largest absolute Gasteiger partial charge is 0.494 e. The van der Waals surface area contributed by atoms with Gasteiger partial charge in [0.1, 0.15) is 45.8 Å². The second-order valence-corrected chi connectivity index (χ2v) is 12.4. The summed E-state index contributed by atoms with van der Waals surface area (Å²) in [4.78, 5) is 51.2. The maximum Gasteiger partial charge on any atom is 0.412 e. The number of nitro benzene ring substituents is 1. The number of hydrogen-bond donors (Lipinski definition) is 3. The number of rotatable bonds is 11. The van der Waals surface area contributed by atoms with E-state index in [0.29, 0.717) is 38.9 Å². The Balaban J connectivity index is 1.41. The third-order valence-corrected chi connectivity index (χ3v) is 7.35. The van der Waals surface area contributed by atoms with Gasteiger partial charge >= 0.3 is 11.0 Å². The molecule has 14 nitrogen and oxygen atoms in total. The van der Waals surface area contributed by atoms with Gasteiger partial charge in [0.25, 0.3) is 11.6 Å². The minimum atomic E-state index is -0.660. The molecular formula is C32H34N4O10S. The van der Waals surface area contributed by atoms with Crippen molar-refractivity contribution in [3.63, 3.8) is 0 Å². The number of aromatic amines is 1. The normalized spacial score (nSPS) is 11.0. The smallest absolute Gasteiger partial charge is 0.412 e. The van der Waals surface area contributed by atoms with E-state index < -0.39 is 34.0 Å². The van der Waals surface area contributed by atoms with E-state index in [4.69, 9.17) is 18.9 Å². The Morgan fingerprint density at radius 1 is 0.979 bits per heavy atom. The van der Waals surface area contributed by atoms with Crippen molar-refractivity contribution in [1.82, 2.24) is 4.98 Å². The molecule has 0 fully saturated rings. The number of likely N-dealkylation sites (N-methyl/N-ethyl adjacent to an activating group) is 1. The lowest BCUT2D eigenvalue weighted by Gasteiger charge is -2.21. The van der Waals surface area contributed by atoms with Gasteiger partial charge in [-0.15, -0.1) is 0 Å². The van der Waals surface area contributed by atoms with Crippen LogP contribution >= 0.6 is 11.3 Å². The highest BCUT2D eigenvalue weighted by molar-refractivity contribution is 7.09. The van der Waals surface area contributed by atoms with E-state index in [0.717, 1.165) is 16.2 Å². The number of benzene rings is 3. The molecule has 0 unspecified atom stereocenters. The number of amides is 2. The molecule has 0 radical (unpaired) electrons. The van der Waals surface area contributed by atoms with Gasteiger partial charge in [0.05, 0.1) is 10.6 Å². The first kappa shape index (κ1) is 34.3. The van der Waals surface area contributed by atoms with Gasteiger partial charge < -0.3 is 29.0 Å². The van der Waals surface area contributed by atoms with Crippen LogP contribution < -0.4 is 29.3 Å². The number of aryl methyl sites for hydroxylation is 2. The number of H-pyrrole nitrogens is 1. The number of thiazole rings is 1. The molecule has 2 amide bonds. The van der Waals surface area contributed by atoms with Crippen LogP contribution in [0.4, 0.5) is 21.9 Å². The highest BCUT2D eigenvalue weighted by Crippen LogP contribution is 2.35. The molecule has 0 bridgehead atoms. The van der Waals surface area contributed by atoms with Crippen LogP contribution in [0.5, 0.6) is 28.9 Å². The van der Waals surface area contributed by atoms with E-state index in [1.54, 1.807) is 71.0 Å². The number of ether oxygens (including phenoxy) is 4. The van der Waals surface area contributed by atoms with Crippen molar-refractivity contribution in [3.05, 3.63) is 90.4 Å². The topological polar surface area (TPSA) is 183 Å². The number of nitrogens with one attached hydrogen (secondary N) is 2. The Labute approximate surface area is 273 Å². The van der Waals surface area contributed by atoms with E-state index in [-0.39, 0.29) is 29.6 Å². The molecule has 4 rings (SSSR count). The number of carbonyl (C=O) groups excluding carboxylic acids is 2. The van der Waals surface area contributed by atoms with Gasteiger partial charge in [-0.1, -0.05) is 11.3 Å². The highest BCUT2D eigenvalue weighted by atomic mass is 32.1. The fraction of sp³-hybridized carbons (Fsp3) is 0.281. The number of hydrogen-bond acceptors (Lipinski definition) is 11. The molecule has 1 aromatic heterocycles. The van der Waals surface area contributed by atoms with Crippen molar-refractivity contribution in [3.8, 4) is 28.9 Å². The van der Waals surface area contributed by atoms with Crippen LogP contribution in [0.25, 0.3) is 0 Å². The van der Waals surface area contributed by atoms with Gasteiger partial charge in [0.15, 0.2) is 6.61 Å². The molecule has 0 atom stereocenters. The fourth-order valence-electron chi connectivity index (χ4n) is 4.32. The first-order valence-electron chi connectivity index (χ1n) is 14.2. The maximum atomic E-state index is 13.0. The Morgan fingerprint density at radius 2 is 1.57 bits per heavy atom. The minimum Gasteiger partial charge on any atom is -0.494 e. The molecular weight excluding hydrogens is 632 g/mol. The number of aromatic nitrogens is 1. The van der Waals surface area contributed by atoms with Crippen LogP contribution in [0.1, 0.15) is 36.8 Å². The molecule has 0 aliphatic heterocycles. The van der Waals surface area contributed by atoms with Gasteiger partial charge in [-0.05, 0) is 88.2 Å². The Morgan fingerprint density at radius 3 is 2.13 bits per heavy atom. The van der Waals surface area contributed by atoms with Crippen molar-refractivity contribution in [2.24, 2.45) is 0 Å². The van der Waals surface area contributed by atoms with Crippen molar-refractivity contribution in [1.29, 1.82) is 0 Å². The first-order chi connectivity index (χ1) is 22.1. The second kappa shape index (κ2) is 14.2. The van der Waals surface area contributed by atoms with E-state index in [1.165, 1.54) is 25.2 Å². The highest BCUT2D eigenvalue weighted by Gasteiger charge is 2.24. The number of nitrogens with zero attached hydrogens (tertiary/aromatic N) is 2. The van der Waals surface area contributed by atoms with Crippen molar-refractivity contribution in [2.75, 3.05) is 23.9 Å². The van der Waals surface area contributed by atoms with E-state index >= 15 is 0 Å². The van der Waals surface area contributed by atoms with E-state index in [2.05, 4.69) is 10.3 Å². The third-order valence-electron chi connectivity index (χ3n) is 6.50. The van der Waals surface area contributed by atoms with Crippen molar-refractivity contribution in [2.45, 2.75) is 46.8 Å². The lowest BCUT2D eigenvalue weighted by molar-refractivity contribution is -0.384. The Kier molecular flexibility index (Phi) is 10.4. The molecule has 3 aromatic carbocycles.